The van der Waals surface area contributed by atoms with E-state index in [4.69, 9.17) is 0 Å². The first-order chi connectivity index (χ1) is 6.72. The third kappa shape index (κ3) is 4.07. The SMILES string of the molecule is CCCc1ccc(C)c2[cH-]c(C)cc12.[Cl-].[Cl-].[Ti+3]. The molecule has 0 spiro atoms. The Balaban J connectivity index is 0. The zero-order chi connectivity index (χ0) is 10.1. The second kappa shape index (κ2) is 8.27. The summed E-state index contributed by atoms with van der Waals surface area (Å²) in [5.41, 5.74) is 4.28. The number of rotatable bonds is 2. The number of benzene rings is 1. The minimum atomic E-state index is 0. The van der Waals surface area contributed by atoms with Gasteiger partial charge >= 0.3 is 21.7 Å². The predicted octanol–water partition coefficient (Wildman–Crippen LogP) is -1.87. The standard InChI is InChI=1S/C14H17.2ClH.Ti/c1-4-5-12-7-6-11(3)13-8-10(2)9-14(12)13;;;/h6-9H,4-5H2,1-3H3;2*1H;/q-1;;;+3/p-2. The van der Waals surface area contributed by atoms with E-state index in [2.05, 4.69) is 45.0 Å². The molecule has 2 aromatic rings. The van der Waals surface area contributed by atoms with E-state index < -0.39 is 0 Å². The molecule has 0 amide bonds. The van der Waals surface area contributed by atoms with Crippen LogP contribution in [-0.2, 0) is 28.1 Å². The van der Waals surface area contributed by atoms with Gasteiger partial charge in [0.1, 0.15) is 0 Å². The maximum absolute atomic E-state index is 2.31. The molecule has 0 aliphatic heterocycles. The summed E-state index contributed by atoms with van der Waals surface area (Å²) in [4.78, 5) is 0. The van der Waals surface area contributed by atoms with Crippen LogP contribution in [0.1, 0.15) is 30.0 Å². The predicted molar refractivity (Wildman–Crippen MR) is 63.0 cm³/mol. The molecule has 0 fully saturated rings. The topological polar surface area (TPSA) is 0 Å². The minimum Gasteiger partial charge on any atom is -1.00 e. The molecule has 0 nitrogen and oxygen atoms in total. The van der Waals surface area contributed by atoms with Gasteiger partial charge in [-0.1, -0.05) is 38.8 Å². The Morgan fingerprint density at radius 3 is 2.35 bits per heavy atom. The van der Waals surface area contributed by atoms with Gasteiger partial charge in [-0.05, 0) is 6.42 Å². The van der Waals surface area contributed by atoms with Crippen LogP contribution in [0.4, 0.5) is 0 Å². The van der Waals surface area contributed by atoms with E-state index >= 15 is 0 Å². The summed E-state index contributed by atoms with van der Waals surface area (Å²) in [6, 6.07) is 9.13. The molecule has 3 heteroatoms. The van der Waals surface area contributed by atoms with Crippen molar-refractivity contribution in [3.05, 3.63) is 41.0 Å². The fourth-order valence-electron chi connectivity index (χ4n) is 2.14. The first-order valence-electron chi connectivity index (χ1n) is 5.38. The summed E-state index contributed by atoms with van der Waals surface area (Å²) >= 11 is 0. The van der Waals surface area contributed by atoms with E-state index in [0.29, 0.717) is 0 Å². The fraction of sp³-hybridized carbons (Fsp3) is 0.357. The summed E-state index contributed by atoms with van der Waals surface area (Å²) in [5, 5.41) is 2.90. The fourth-order valence-corrected chi connectivity index (χ4v) is 2.14. The van der Waals surface area contributed by atoms with E-state index in [1.54, 1.807) is 0 Å². The zero-order valence-corrected chi connectivity index (χ0v) is 13.6. The van der Waals surface area contributed by atoms with Crippen molar-refractivity contribution in [3.63, 3.8) is 0 Å². The largest absolute Gasteiger partial charge is 3.00 e. The number of hydrogen-bond donors (Lipinski definition) is 0. The van der Waals surface area contributed by atoms with Gasteiger partial charge in [-0.2, -0.15) is 6.07 Å². The van der Waals surface area contributed by atoms with Crippen molar-refractivity contribution in [1.29, 1.82) is 0 Å². The van der Waals surface area contributed by atoms with Crippen molar-refractivity contribution >= 4 is 10.8 Å². The van der Waals surface area contributed by atoms with Crippen LogP contribution < -0.4 is 24.8 Å². The number of aryl methyl sites for hydroxylation is 3. The van der Waals surface area contributed by atoms with Gasteiger partial charge in [0.25, 0.3) is 0 Å². The maximum Gasteiger partial charge on any atom is 3.00 e. The van der Waals surface area contributed by atoms with Crippen molar-refractivity contribution in [2.75, 3.05) is 0 Å². The van der Waals surface area contributed by atoms with Crippen LogP contribution in [0.2, 0.25) is 0 Å². The summed E-state index contributed by atoms with van der Waals surface area (Å²) < 4.78 is 0. The van der Waals surface area contributed by atoms with E-state index in [1.165, 1.54) is 40.3 Å². The van der Waals surface area contributed by atoms with Gasteiger partial charge in [-0.15, -0.1) is 34.0 Å². The molecule has 0 unspecified atom stereocenters. The van der Waals surface area contributed by atoms with Crippen LogP contribution in [-0.4, -0.2) is 0 Å². The summed E-state index contributed by atoms with van der Waals surface area (Å²) in [6.45, 7) is 6.61. The van der Waals surface area contributed by atoms with Crippen LogP contribution in [0, 0.1) is 13.8 Å². The molecule has 0 saturated heterocycles. The van der Waals surface area contributed by atoms with Crippen LogP contribution in [0.15, 0.2) is 24.3 Å². The molecule has 0 bridgehead atoms. The Hall–Kier alpha value is 0.124. The molecule has 17 heavy (non-hydrogen) atoms. The third-order valence-corrected chi connectivity index (χ3v) is 2.86. The van der Waals surface area contributed by atoms with Gasteiger partial charge in [-0.3, -0.25) is 0 Å². The van der Waals surface area contributed by atoms with Gasteiger partial charge in [0.05, 0.1) is 0 Å². The average Bonchev–Trinajstić information content (AvgIpc) is 2.53. The van der Waals surface area contributed by atoms with Gasteiger partial charge < -0.3 is 24.8 Å². The van der Waals surface area contributed by atoms with Gasteiger partial charge in [0.2, 0.25) is 0 Å². The smallest absolute Gasteiger partial charge is 1.00 e. The van der Waals surface area contributed by atoms with Crippen LogP contribution in [0.25, 0.3) is 10.8 Å². The maximum atomic E-state index is 2.31. The van der Waals surface area contributed by atoms with E-state index in [9.17, 15) is 0 Å². The van der Waals surface area contributed by atoms with Crippen molar-refractivity contribution < 1.29 is 46.5 Å². The number of halogens is 2. The molecule has 1 radical (unpaired) electrons. The van der Waals surface area contributed by atoms with Crippen molar-refractivity contribution in [1.82, 2.24) is 0 Å². The Kier molecular flexibility index (Phi) is 9.46. The van der Waals surface area contributed by atoms with Gasteiger partial charge in [0, 0.05) is 0 Å². The Morgan fingerprint density at radius 2 is 1.76 bits per heavy atom. The zero-order valence-electron chi connectivity index (χ0n) is 10.5. The van der Waals surface area contributed by atoms with Crippen LogP contribution in [0.3, 0.4) is 0 Å². The molecule has 0 aliphatic rings. The molecule has 0 atom stereocenters. The van der Waals surface area contributed by atoms with Crippen LogP contribution >= 0.6 is 0 Å². The Bertz CT molecular complexity index is 460. The first-order valence-corrected chi connectivity index (χ1v) is 5.38. The molecule has 2 aromatic carbocycles. The minimum absolute atomic E-state index is 0. The molecule has 91 valence electrons. The Labute approximate surface area is 131 Å². The normalized spacial score (nSPS) is 9.12. The number of hydrogen-bond acceptors (Lipinski definition) is 0. The Morgan fingerprint density at radius 1 is 1.12 bits per heavy atom. The first kappa shape index (κ1) is 19.5. The summed E-state index contributed by atoms with van der Waals surface area (Å²) in [7, 11) is 0. The second-order valence-corrected chi connectivity index (χ2v) is 4.15. The summed E-state index contributed by atoms with van der Waals surface area (Å²) in [5.74, 6) is 0. The van der Waals surface area contributed by atoms with Gasteiger partial charge in [-0.25, -0.2) is 0 Å². The van der Waals surface area contributed by atoms with Crippen molar-refractivity contribution in [2.45, 2.75) is 33.6 Å². The molecule has 0 aromatic heterocycles. The molecule has 0 N–H and O–H groups in total. The van der Waals surface area contributed by atoms with Crippen LogP contribution in [0.5, 0.6) is 0 Å². The van der Waals surface area contributed by atoms with Gasteiger partial charge in [0.15, 0.2) is 0 Å². The third-order valence-electron chi connectivity index (χ3n) is 2.86. The van der Waals surface area contributed by atoms with E-state index in [0.717, 1.165) is 0 Å². The van der Waals surface area contributed by atoms with E-state index in [-0.39, 0.29) is 46.5 Å². The molecular formula is C14H17Cl2Ti. The van der Waals surface area contributed by atoms with E-state index in [1.807, 2.05) is 0 Å². The number of fused-ring (bicyclic) bond motifs is 1. The second-order valence-electron chi connectivity index (χ2n) is 4.15. The molecule has 0 heterocycles. The summed E-state index contributed by atoms with van der Waals surface area (Å²) in [6.07, 6.45) is 2.42. The molecule has 2 rings (SSSR count). The van der Waals surface area contributed by atoms with Crippen molar-refractivity contribution in [2.24, 2.45) is 0 Å². The van der Waals surface area contributed by atoms with Crippen molar-refractivity contribution in [3.8, 4) is 0 Å². The quantitative estimate of drug-likeness (QED) is 0.451. The average molecular weight is 304 g/mol. The molecule has 0 aliphatic carbocycles. The molecule has 0 saturated carbocycles. The molecular weight excluding hydrogens is 287 g/mol. The monoisotopic (exact) mass is 303 g/mol.